The highest BCUT2D eigenvalue weighted by Crippen LogP contribution is 2.21. The zero-order chi connectivity index (χ0) is 35.6. The molecule has 1 aliphatic carbocycles. The number of allylic oxidation sites excluding steroid dienone is 2. The summed E-state index contributed by atoms with van der Waals surface area (Å²) in [5.41, 5.74) is 0. The SMILES string of the molecule is CCCCCCCCCCCCCCCC/C=C(/F)C(=O)N[C@@H]1CC[C@H](NC(=O)/C(F)=C\CCCCCCCCCCCCCCCC)C1. The molecule has 1 fully saturated rings. The molecule has 0 aromatic rings. The number of unbranched alkanes of at least 4 members (excludes halogenated alkanes) is 28. The summed E-state index contributed by atoms with van der Waals surface area (Å²) in [7, 11) is 0. The molecule has 286 valence electrons. The molecule has 2 amide bonds. The van der Waals surface area contributed by atoms with Crippen molar-refractivity contribution in [3.8, 4) is 0 Å². The predicted molar refractivity (Wildman–Crippen MR) is 206 cm³/mol. The van der Waals surface area contributed by atoms with Crippen LogP contribution in [0.15, 0.2) is 23.8 Å². The monoisotopic (exact) mass is 693 g/mol. The van der Waals surface area contributed by atoms with Gasteiger partial charge in [-0.3, -0.25) is 9.59 Å². The van der Waals surface area contributed by atoms with Crippen molar-refractivity contribution in [2.45, 2.75) is 238 Å². The minimum absolute atomic E-state index is 0.208. The van der Waals surface area contributed by atoms with E-state index in [1.54, 1.807) is 0 Å². The molecule has 0 saturated heterocycles. The molecule has 1 aliphatic rings. The van der Waals surface area contributed by atoms with Crippen molar-refractivity contribution in [1.29, 1.82) is 0 Å². The van der Waals surface area contributed by atoms with Crippen molar-refractivity contribution in [2.24, 2.45) is 0 Å². The Balaban J connectivity index is 2.02. The molecule has 0 aromatic carbocycles. The molecule has 4 nitrogen and oxygen atoms in total. The Bertz CT molecular complexity index is 791. The number of nitrogens with one attached hydrogen (secondary N) is 2. The van der Waals surface area contributed by atoms with E-state index in [1.165, 1.54) is 166 Å². The van der Waals surface area contributed by atoms with E-state index in [-0.39, 0.29) is 12.1 Å². The first-order valence-corrected chi connectivity index (χ1v) is 21.3. The van der Waals surface area contributed by atoms with Crippen molar-refractivity contribution in [2.75, 3.05) is 0 Å². The van der Waals surface area contributed by atoms with Crippen molar-refractivity contribution >= 4 is 11.8 Å². The van der Waals surface area contributed by atoms with E-state index in [9.17, 15) is 18.4 Å². The maximum atomic E-state index is 14.4. The third-order valence-electron chi connectivity index (χ3n) is 10.3. The molecule has 0 heterocycles. The van der Waals surface area contributed by atoms with Crippen LogP contribution in [0.3, 0.4) is 0 Å². The molecule has 2 N–H and O–H groups in total. The van der Waals surface area contributed by atoms with Crippen LogP contribution in [0, 0.1) is 0 Å². The molecule has 1 saturated carbocycles. The smallest absolute Gasteiger partial charge is 0.279 e. The number of hydrogen-bond donors (Lipinski definition) is 2. The lowest BCUT2D eigenvalue weighted by Crippen LogP contribution is -2.37. The highest BCUT2D eigenvalue weighted by atomic mass is 19.1. The maximum Gasteiger partial charge on any atom is 0.279 e. The van der Waals surface area contributed by atoms with Gasteiger partial charge < -0.3 is 10.6 Å². The summed E-state index contributed by atoms with van der Waals surface area (Å²) in [5.74, 6) is -2.80. The molecule has 0 bridgehead atoms. The van der Waals surface area contributed by atoms with Gasteiger partial charge in [-0.15, -0.1) is 0 Å². The van der Waals surface area contributed by atoms with Crippen LogP contribution >= 0.6 is 0 Å². The van der Waals surface area contributed by atoms with Crippen LogP contribution in [0.4, 0.5) is 8.78 Å². The van der Waals surface area contributed by atoms with Gasteiger partial charge in [-0.2, -0.15) is 0 Å². The summed E-state index contributed by atoms with van der Waals surface area (Å²) in [6.45, 7) is 4.52. The molecular weight excluding hydrogens is 614 g/mol. The third kappa shape index (κ3) is 27.7. The Morgan fingerprint density at radius 2 is 0.694 bits per heavy atom. The van der Waals surface area contributed by atoms with Crippen molar-refractivity contribution < 1.29 is 18.4 Å². The minimum atomic E-state index is -0.723. The van der Waals surface area contributed by atoms with E-state index in [1.807, 2.05) is 0 Å². The number of halogens is 2. The molecular formula is C43H78F2N2O2. The Labute approximate surface area is 301 Å². The second kappa shape index (κ2) is 33.4. The minimum Gasteiger partial charge on any atom is -0.347 e. The molecule has 0 aliphatic heterocycles. The number of rotatable bonds is 34. The topological polar surface area (TPSA) is 58.2 Å². The lowest BCUT2D eigenvalue weighted by Gasteiger charge is -2.14. The van der Waals surface area contributed by atoms with Crippen molar-refractivity contribution in [1.82, 2.24) is 10.6 Å². The zero-order valence-corrected chi connectivity index (χ0v) is 32.2. The third-order valence-corrected chi connectivity index (χ3v) is 10.3. The fourth-order valence-corrected chi connectivity index (χ4v) is 7.07. The molecule has 0 unspecified atom stereocenters. The molecule has 1 rings (SSSR count). The van der Waals surface area contributed by atoms with Crippen LogP contribution in [0.5, 0.6) is 0 Å². The zero-order valence-electron chi connectivity index (χ0n) is 32.2. The highest BCUT2D eigenvalue weighted by Gasteiger charge is 2.28. The van der Waals surface area contributed by atoms with Crippen molar-refractivity contribution in [3.63, 3.8) is 0 Å². The standard InChI is InChI=1S/C43H78F2N2O2/c1-3-5-7-9-11-13-15-17-19-21-23-25-27-29-31-33-40(44)42(48)46-38-35-36-39(37-38)47-43(49)41(45)34-32-30-28-26-24-22-20-18-16-14-12-10-8-6-4-2/h33-34,38-39H,3-32,35-37H2,1-2H3,(H,46,48)(H,47,49)/b40-33+,41-34+/t38-,39+. The molecule has 2 atom stereocenters. The average molecular weight is 693 g/mol. The van der Waals surface area contributed by atoms with Gasteiger partial charge in [0.25, 0.3) is 11.8 Å². The fraction of sp³-hybridized carbons (Fsp3) is 0.860. The predicted octanol–water partition coefficient (Wildman–Crippen LogP) is 13.6. The Morgan fingerprint density at radius 1 is 0.449 bits per heavy atom. The lowest BCUT2D eigenvalue weighted by atomic mass is 10.0. The van der Waals surface area contributed by atoms with Crippen LogP contribution in [0.25, 0.3) is 0 Å². The molecule has 49 heavy (non-hydrogen) atoms. The summed E-state index contributed by atoms with van der Waals surface area (Å²) in [6.07, 6.45) is 41.6. The first kappa shape index (κ1) is 45.3. The average Bonchev–Trinajstić information content (AvgIpc) is 3.54. The lowest BCUT2D eigenvalue weighted by molar-refractivity contribution is -0.119. The number of carbonyl (C=O) groups is 2. The number of carbonyl (C=O) groups excluding carboxylic acids is 2. The van der Waals surface area contributed by atoms with Gasteiger partial charge in [0.2, 0.25) is 0 Å². The first-order chi connectivity index (χ1) is 24.0. The Hall–Kier alpha value is -1.72. The van der Waals surface area contributed by atoms with Crippen LogP contribution in [0.2, 0.25) is 0 Å². The summed E-state index contributed by atoms with van der Waals surface area (Å²) in [4.78, 5) is 24.6. The van der Waals surface area contributed by atoms with E-state index < -0.39 is 23.5 Å². The van der Waals surface area contributed by atoms with E-state index in [2.05, 4.69) is 24.5 Å². The van der Waals surface area contributed by atoms with E-state index in [0.717, 1.165) is 25.7 Å². The summed E-state index contributed by atoms with van der Waals surface area (Å²) in [5, 5.41) is 5.51. The first-order valence-electron chi connectivity index (χ1n) is 21.3. The van der Waals surface area contributed by atoms with Gasteiger partial charge in [0, 0.05) is 12.1 Å². The second-order valence-corrected chi connectivity index (χ2v) is 15.0. The van der Waals surface area contributed by atoms with E-state index in [0.29, 0.717) is 32.1 Å². The molecule has 0 aromatic heterocycles. The van der Waals surface area contributed by atoms with Gasteiger partial charge in [0.15, 0.2) is 11.7 Å². The molecule has 0 spiro atoms. The molecule has 6 heteroatoms. The van der Waals surface area contributed by atoms with Crippen LogP contribution in [-0.2, 0) is 9.59 Å². The van der Waals surface area contributed by atoms with Gasteiger partial charge in [-0.25, -0.2) is 8.78 Å². The van der Waals surface area contributed by atoms with Crippen molar-refractivity contribution in [3.05, 3.63) is 23.8 Å². The Morgan fingerprint density at radius 3 is 0.959 bits per heavy atom. The van der Waals surface area contributed by atoms with Gasteiger partial charge >= 0.3 is 0 Å². The van der Waals surface area contributed by atoms with Crippen LogP contribution < -0.4 is 10.6 Å². The summed E-state index contributed by atoms with van der Waals surface area (Å²) >= 11 is 0. The van der Waals surface area contributed by atoms with Gasteiger partial charge in [0.05, 0.1) is 0 Å². The summed E-state index contributed by atoms with van der Waals surface area (Å²) < 4.78 is 28.8. The van der Waals surface area contributed by atoms with Crippen LogP contribution in [-0.4, -0.2) is 23.9 Å². The normalized spacial score (nSPS) is 16.7. The van der Waals surface area contributed by atoms with E-state index >= 15 is 0 Å². The quantitative estimate of drug-likeness (QED) is 0.0521. The Kier molecular flexibility index (Phi) is 30.9. The van der Waals surface area contributed by atoms with Gasteiger partial charge in [-0.05, 0) is 57.1 Å². The number of hydrogen-bond acceptors (Lipinski definition) is 2. The van der Waals surface area contributed by atoms with Gasteiger partial charge in [-0.1, -0.05) is 181 Å². The van der Waals surface area contributed by atoms with Gasteiger partial charge in [0.1, 0.15) is 0 Å². The number of amides is 2. The fourth-order valence-electron chi connectivity index (χ4n) is 7.07. The summed E-state index contributed by atoms with van der Waals surface area (Å²) in [6, 6.07) is -0.416. The molecule has 0 radical (unpaired) electrons. The largest absolute Gasteiger partial charge is 0.347 e. The van der Waals surface area contributed by atoms with E-state index in [4.69, 9.17) is 0 Å². The maximum absolute atomic E-state index is 14.4. The van der Waals surface area contributed by atoms with Crippen LogP contribution in [0.1, 0.15) is 226 Å². The second-order valence-electron chi connectivity index (χ2n) is 15.0. The highest BCUT2D eigenvalue weighted by molar-refractivity contribution is 5.92.